The summed E-state index contributed by atoms with van der Waals surface area (Å²) >= 11 is 0. The van der Waals surface area contributed by atoms with Gasteiger partial charge in [0, 0.05) is 52.9 Å². The molecular formula is C18H31N5O2. The van der Waals surface area contributed by atoms with Crippen LogP contribution in [0.4, 0.5) is 0 Å². The van der Waals surface area contributed by atoms with Crippen molar-refractivity contribution in [3.8, 4) is 6.07 Å². The van der Waals surface area contributed by atoms with Crippen molar-refractivity contribution in [2.24, 2.45) is 0 Å². The Morgan fingerprint density at radius 3 is 2.04 bits per heavy atom. The van der Waals surface area contributed by atoms with E-state index in [1.807, 2.05) is 4.90 Å². The molecule has 2 amide bonds. The normalized spacial score (nSPS) is 19.9. The van der Waals surface area contributed by atoms with Crippen molar-refractivity contribution < 1.29 is 9.59 Å². The van der Waals surface area contributed by atoms with Gasteiger partial charge in [-0.2, -0.15) is 5.26 Å². The minimum Gasteiger partial charge on any atom is -0.344 e. The van der Waals surface area contributed by atoms with Crippen molar-refractivity contribution >= 4 is 11.8 Å². The molecule has 0 atom stereocenters. The second-order valence-corrected chi connectivity index (χ2v) is 7.07. The first kappa shape index (κ1) is 19.7. The van der Waals surface area contributed by atoms with Crippen LogP contribution in [0.3, 0.4) is 0 Å². The molecule has 140 valence electrons. The van der Waals surface area contributed by atoms with Gasteiger partial charge >= 0.3 is 0 Å². The monoisotopic (exact) mass is 349 g/mol. The topological polar surface area (TPSA) is 70.9 Å². The maximum Gasteiger partial charge on any atom is 0.236 e. The van der Waals surface area contributed by atoms with E-state index in [1.54, 1.807) is 11.9 Å². The Hall–Kier alpha value is -1.65. The zero-order chi connectivity index (χ0) is 18.1. The maximum absolute atomic E-state index is 12.5. The first-order chi connectivity index (χ1) is 12.1. The molecule has 0 aromatic heterocycles. The maximum atomic E-state index is 12.5. The lowest BCUT2D eigenvalue weighted by Crippen LogP contribution is -2.52. The van der Waals surface area contributed by atoms with E-state index >= 15 is 0 Å². The van der Waals surface area contributed by atoms with Gasteiger partial charge in [-0.25, -0.2) is 0 Å². The van der Waals surface area contributed by atoms with E-state index in [0.29, 0.717) is 26.1 Å². The van der Waals surface area contributed by atoms with E-state index in [1.165, 1.54) is 12.8 Å². The zero-order valence-electron chi connectivity index (χ0n) is 15.5. The number of piperazine rings is 1. The zero-order valence-corrected chi connectivity index (χ0v) is 15.5. The first-order valence-corrected chi connectivity index (χ1v) is 9.43. The molecule has 2 rings (SSSR count). The van der Waals surface area contributed by atoms with Crippen LogP contribution in [0.2, 0.25) is 0 Å². The lowest BCUT2D eigenvalue weighted by atomic mass is 10.2. The van der Waals surface area contributed by atoms with E-state index < -0.39 is 0 Å². The lowest BCUT2D eigenvalue weighted by Gasteiger charge is -2.35. The van der Waals surface area contributed by atoms with Gasteiger partial charge < -0.3 is 9.80 Å². The molecule has 0 saturated carbocycles. The number of carbonyl (C=O) groups excluding carboxylic acids is 2. The Morgan fingerprint density at radius 2 is 1.48 bits per heavy atom. The minimum atomic E-state index is 0.0596. The Labute approximate surface area is 151 Å². The molecule has 2 heterocycles. The number of nitriles is 1. The van der Waals surface area contributed by atoms with Gasteiger partial charge in [-0.05, 0) is 12.8 Å². The van der Waals surface area contributed by atoms with E-state index in [4.69, 9.17) is 5.26 Å². The molecule has 0 radical (unpaired) electrons. The predicted molar refractivity (Wildman–Crippen MR) is 95.8 cm³/mol. The highest BCUT2D eigenvalue weighted by molar-refractivity contribution is 5.78. The molecule has 25 heavy (non-hydrogen) atoms. The van der Waals surface area contributed by atoms with Gasteiger partial charge in [0.25, 0.3) is 0 Å². The summed E-state index contributed by atoms with van der Waals surface area (Å²) in [6.07, 6.45) is 5.09. The van der Waals surface area contributed by atoms with E-state index in [2.05, 4.69) is 15.9 Å². The van der Waals surface area contributed by atoms with Crippen LogP contribution in [-0.4, -0.2) is 97.4 Å². The highest BCUT2D eigenvalue weighted by Gasteiger charge is 2.23. The summed E-state index contributed by atoms with van der Waals surface area (Å²) in [6.45, 7) is 6.48. The first-order valence-electron chi connectivity index (χ1n) is 9.43. The summed E-state index contributed by atoms with van der Waals surface area (Å²) in [5.41, 5.74) is 0. The molecule has 0 aromatic carbocycles. The third kappa shape index (κ3) is 6.63. The van der Waals surface area contributed by atoms with Gasteiger partial charge in [-0.15, -0.1) is 0 Å². The summed E-state index contributed by atoms with van der Waals surface area (Å²) < 4.78 is 0. The predicted octanol–water partition coefficient (Wildman–Crippen LogP) is 0.379. The molecule has 0 aliphatic carbocycles. The summed E-state index contributed by atoms with van der Waals surface area (Å²) in [4.78, 5) is 32.6. The molecule has 7 nitrogen and oxygen atoms in total. The summed E-state index contributed by atoms with van der Waals surface area (Å²) in [6, 6.07) is 2.06. The number of hydrogen-bond acceptors (Lipinski definition) is 5. The fraction of sp³-hybridized carbons (Fsp3) is 0.833. The Kier molecular flexibility index (Phi) is 8.16. The molecule has 7 heteroatoms. The van der Waals surface area contributed by atoms with Gasteiger partial charge in [-0.3, -0.25) is 19.4 Å². The number of amides is 2. The number of nitrogens with zero attached hydrogens (tertiary/aromatic N) is 5. The standard InChI is InChI=1S/C18H31N5O2/c1-20(8-6-7-19)17(24)15-21-11-13-22(14-12-21)16-18(25)23-9-4-2-3-5-10-23/h2-6,8-16H2,1H3. The van der Waals surface area contributed by atoms with Crippen molar-refractivity contribution in [1.29, 1.82) is 5.26 Å². The molecule has 2 aliphatic heterocycles. The number of carbonyl (C=O) groups is 2. The van der Waals surface area contributed by atoms with E-state index in [9.17, 15) is 9.59 Å². The second kappa shape index (κ2) is 10.4. The summed E-state index contributed by atoms with van der Waals surface area (Å²) in [7, 11) is 1.75. The number of rotatable bonds is 6. The molecule has 0 aromatic rings. The quantitative estimate of drug-likeness (QED) is 0.693. The second-order valence-electron chi connectivity index (χ2n) is 7.07. The highest BCUT2D eigenvalue weighted by atomic mass is 16.2. The smallest absolute Gasteiger partial charge is 0.236 e. The average Bonchev–Trinajstić information content (AvgIpc) is 2.90. The van der Waals surface area contributed by atoms with Gasteiger partial charge in [0.05, 0.1) is 25.6 Å². The van der Waals surface area contributed by atoms with Gasteiger partial charge in [0.1, 0.15) is 0 Å². The molecule has 2 aliphatic rings. The van der Waals surface area contributed by atoms with Gasteiger partial charge in [-0.1, -0.05) is 12.8 Å². The molecule has 0 bridgehead atoms. The van der Waals surface area contributed by atoms with E-state index in [0.717, 1.165) is 52.1 Å². The van der Waals surface area contributed by atoms with Crippen LogP contribution in [0, 0.1) is 11.3 Å². The van der Waals surface area contributed by atoms with Crippen molar-refractivity contribution in [3.05, 3.63) is 0 Å². The van der Waals surface area contributed by atoms with Crippen molar-refractivity contribution in [3.63, 3.8) is 0 Å². The SMILES string of the molecule is CN(CCC#N)C(=O)CN1CCN(CC(=O)N2CCCCCC2)CC1. The van der Waals surface area contributed by atoms with Crippen LogP contribution in [0.5, 0.6) is 0 Å². The molecule has 0 unspecified atom stereocenters. The highest BCUT2D eigenvalue weighted by Crippen LogP contribution is 2.11. The van der Waals surface area contributed by atoms with Crippen LogP contribution in [-0.2, 0) is 9.59 Å². The molecule has 2 fully saturated rings. The largest absolute Gasteiger partial charge is 0.344 e. The van der Waals surface area contributed by atoms with Crippen LogP contribution in [0.1, 0.15) is 32.1 Å². The van der Waals surface area contributed by atoms with Crippen LogP contribution in [0.25, 0.3) is 0 Å². The van der Waals surface area contributed by atoms with Crippen molar-refractivity contribution in [1.82, 2.24) is 19.6 Å². The molecule has 2 saturated heterocycles. The number of hydrogen-bond donors (Lipinski definition) is 0. The minimum absolute atomic E-state index is 0.0596. The Balaban J connectivity index is 1.68. The third-order valence-electron chi connectivity index (χ3n) is 5.13. The fourth-order valence-corrected chi connectivity index (χ4v) is 3.37. The molecule has 0 N–H and O–H groups in total. The number of likely N-dealkylation sites (tertiary alicyclic amines) is 1. The van der Waals surface area contributed by atoms with Gasteiger partial charge in [0.2, 0.25) is 11.8 Å². The summed E-state index contributed by atoms with van der Waals surface area (Å²) in [5, 5.41) is 8.59. The Morgan fingerprint density at radius 1 is 0.920 bits per heavy atom. The Bertz CT molecular complexity index is 474. The lowest BCUT2D eigenvalue weighted by molar-refractivity contribution is -0.134. The van der Waals surface area contributed by atoms with Crippen LogP contribution in [0.15, 0.2) is 0 Å². The average molecular weight is 349 g/mol. The molecular weight excluding hydrogens is 318 g/mol. The third-order valence-corrected chi connectivity index (χ3v) is 5.13. The number of likely N-dealkylation sites (N-methyl/N-ethyl adjacent to an activating group) is 1. The van der Waals surface area contributed by atoms with Gasteiger partial charge in [0.15, 0.2) is 0 Å². The van der Waals surface area contributed by atoms with Crippen LogP contribution < -0.4 is 0 Å². The van der Waals surface area contributed by atoms with Crippen LogP contribution >= 0.6 is 0 Å². The van der Waals surface area contributed by atoms with Crippen molar-refractivity contribution in [2.45, 2.75) is 32.1 Å². The summed E-state index contributed by atoms with van der Waals surface area (Å²) in [5.74, 6) is 0.312. The molecule has 0 spiro atoms. The van der Waals surface area contributed by atoms with Crippen molar-refractivity contribution in [2.75, 3.05) is 66.0 Å². The van der Waals surface area contributed by atoms with E-state index in [-0.39, 0.29) is 11.8 Å². The fourth-order valence-electron chi connectivity index (χ4n) is 3.37.